The first-order chi connectivity index (χ1) is 9.45. The van der Waals surface area contributed by atoms with E-state index >= 15 is 0 Å². The molecule has 0 aliphatic rings. The second kappa shape index (κ2) is 5.92. The third-order valence-electron chi connectivity index (χ3n) is 2.85. The molecule has 0 aliphatic heterocycles. The fourth-order valence-electron chi connectivity index (χ4n) is 2.05. The third kappa shape index (κ3) is 3.48. The number of nitrogens with zero attached hydrogens (tertiary/aromatic N) is 1. The maximum Gasteiger partial charge on any atom is 0.323 e. The first-order valence-corrected chi connectivity index (χ1v) is 6.62. The molecule has 2 aromatic rings. The molecule has 0 atom stereocenters. The van der Waals surface area contributed by atoms with Crippen LogP contribution in [0.25, 0.3) is 0 Å². The normalized spacial score (nSPS) is 10.2. The number of hydrogen-bond acceptors (Lipinski definition) is 2. The summed E-state index contributed by atoms with van der Waals surface area (Å²) in [6.07, 6.45) is 0. The number of halogens is 1. The lowest BCUT2D eigenvalue weighted by atomic mass is 10.1. The van der Waals surface area contributed by atoms with Crippen molar-refractivity contribution in [3.8, 4) is 0 Å². The molecule has 0 saturated heterocycles. The Balaban J connectivity index is 2.13. The number of pyridine rings is 1. The van der Waals surface area contributed by atoms with Crippen molar-refractivity contribution in [3.63, 3.8) is 0 Å². The van der Waals surface area contributed by atoms with Gasteiger partial charge in [0, 0.05) is 16.4 Å². The molecule has 104 valence electrons. The Bertz CT molecular complexity index is 632. The van der Waals surface area contributed by atoms with Crippen LogP contribution in [0.1, 0.15) is 17.0 Å². The van der Waals surface area contributed by atoms with Gasteiger partial charge in [0.15, 0.2) is 0 Å². The summed E-state index contributed by atoms with van der Waals surface area (Å²) in [7, 11) is 0. The zero-order valence-corrected chi connectivity index (χ0v) is 12.4. The van der Waals surface area contributed by atoms with Crippen LogP contribution in [-0.2, 0) is 0 Å². The van der Waals surface area contributed by atoms with Gasteiger partial charge in [-0.1, -0.05) is 17.7 Å². The summed E-state index contributed by atoms with van der Waals surface area (Å²) in [6.45, 7) is 5.74. The smallest absolute Gasteiger partial charge is 0.308 e. The van der Waals surface area contributed by atoms with Crippen LogP contribution >= 0.6 is 11.6 Å². The standard InChI is InChI=1S/C15H16ClN3O/c1-9-7-10(2)17-11(3)14(9)19-15(20)18-13-6-4-5-12(16)8-13/h4-8H,1-3H3,(H2,18,19,20). The number of rotatable bonds is 2. The van der Waals surface area contributed by atoms with E-state index in [4.69, 9.17) is 11.6 Å². The molecule has 0 fully saturated rings. The van der Waals surface area contributed by atoms with Gasteiger partial charge in [0.1, 0.15) is 0 Å². The van der Waals surface area contributed by atoms with Gasteiger partial charge in [0.2, 0.25) is 0 Å². The highest BCUT2D eigenvalue weighted by Gasteiger charge is 2.09. The minimum absolute atomic E-state index is 0.316. The molecule has 1 aromatic carbocycles. The summed E-state index contributed by atoms with van der Waals surface area (Å²) in [5.41, 5.74) is 4.08. The Kier molecular flexibility index (Phi) is 4.25. The summed E-state index contributed by atoms with van der Waals surface area (Å²) in [4.78, 5) is 16.3. The SMILES string of the molecule is Cc1cc(C)c(NC(=O)Nc2cccc(Cl)c2)c(C)n1. The molecule has 2 amide bonds. The van der Waals surface area contributed by atoms with Gasteiger partial charge in [-0.05, 0) is 50.6 Å². The molecule has 2 N–H and O–H groups in total. The van der Waals surface area contributed by atoms with Gasteiger partial charge in [-0.3, -0.25) is 4.98 Å². The Labute approximate surface area is 123 Å². The van der Waals surface area contributed by atoms with Gasteiger partial charge < -0.3 is 10.6 Å². The zero-order chi connectivity index (χ0) is 14.7. The van der Waals surface area contributed by atoms with Crippen molar-refractivity contribution in [2.24, 2.45) is 0 Å². The first-order valence-electron chi connectivity index (χ1n) is 6.24. The maximum atomic E-state index is 12.0. The Morgan fingerprint density at radius 2 is 1.90 bits per heavy atom. The van der Waals surface area contributed by atoms with E-state index in [9.17, 15) is 4.79 Å². The minimum Gasteiger partial charge on any atom is -0.308 e. The quantitative estimate of drug-likeness (QED) is 0.866. The highest BCUT2D eigenvalue weighted by molar-refractivity contribution is 6.30. The number of aromatic nitrogens is 1. The van der Waals surface area contributed by atoms with Gasteiger partial charge in [0.25, 0.3) is 0 Å². The zero-order valence-electron chi connectivity index (χ0n) is 11.6. The average molecular weight is 290 g/mol. The van der Waals surface area contributed by atoms with Crippen molar-refractivity contribution in [1.29, 1.82) is 0 Å². The molecule has 1 aromatic heterocycles. The van der Waals surface area contributed by atoms with E-state index in [-0.39, 0.29) is 6.03 Å². The van der Waals surface area contributed by atoms with Gasteiger partial charge in [0.05, 0.1) is 11.4 Å². The molecule has 0 spiro atoms. The van der Waals surface area contributed by atoms with E-state index in [1.54, 1.807) is 24.3 Å². The summed E-state index contributed by atoms with van der Waals surface area (Å²) >= 11 is 5.87. The van der Waals surface area contributed by atoms with Crippen LogP contribution < -0.4 is 10.6 Å². The summed E-state index contributed by atoms with van der Waals surface area (Å²) in [6, 6.07) is 8.61. The number of aryl methyl sites for hydroxylation is 3. The molecule has 0 aliphatic carbocycles. The van der Waals surface area contributed by atoms with E-state index in [0.29, 0.717) is 10.7 Å². The summed E-state index contributed by atoms with van der Waals surface area (Å²) in [5, 5.41) is 6.13. The number of anilines is 2. The minimum atomic E-state index is -0.316. The lowest BCUT2D eigenvalue weighted by Crippen LogP contribution is -2.21. The van der Waals surface area contributed by atoms with E-state index < -0.39 is 0 Å². The second-order valence-electron chi connectivity index (χ2n) is 4.63. The van der Waals surface area contributed by atoms with Gasteiger partial charge >= 0.3 is 6.03 Å². The molecule has 0 radical (unpaired) electrons. The molecular formula is C15H16ClN3O. The fraction of sp³-hybridized carbons (Fsp3) is 0.200. The average Bonchev–Trinajstić information content (AvgIpc) is 2.33. The largest absolute Gasteiger partial charge is 0.323 e. The Morgan fingerprint density at radius 3 is 2.55 bits per heavy atom. The maximum absolute atomic E-state index is 12.0. The van der Waals surface area contributed by atoms with Crippen LogP contribution in [0.2, 0.25) is 5.02 Å². The van der Waals surface area contributed by atoms with Crippen LogP contribution in [0, 0.1) is 20.8 Å². The highest BCUT2D eigenvalue weighted by atomic mass is 35.5. The molecule has 0 saturated carbocycles. The van der Waals surface area contributed by atoms with Crippen LogP contribution in [0.15, 0.2) is 30.3 Å². The molecule has 1 heterocycles. The Hall–Kier alpha value is -2.07. The van der Waals surface area contributed by atoms with Crippen LogP contribution in [0.5, 0.6) is 0 Å². The summed E-state index contributed by atoms with van der Waals surface area (Å²) in [5.74, 6) is 0. The molecule has 4 nitrogen and oxygen atoms in total. The molecule has 2 rings (SSSR count). The second-order valence-corrected chi connectivity index (χ2v) is 5.07. The van der Waals surface area contributed by atoms with Crippen LogP contribution in [-0.4, -0.2) is 11.0 Å². The Morgan fingerprint density at radius 1 is 1.15 bits per heavy atom. The predicted octanol–water partition coefficient (Wildman–Crippen LogP) is 4.30. The number of hydrogen-bond donors (Lipinski definition) is 2. The fourth-order valence-corrected chi connectivity index (χ4v) is 2.24. The van der Waals surface area contributed by atoms with Crippen molar-refractivity contribution < 1.29 is 4.79 Å². The highest BCUT2D eigenvalue weighted by Crippen LogP contribution is 2.20. The van der Waals surface area contributed by atoms with Crippen LogP contribution in [0.3, 0.4) is 0 Å². The lowest BCUT2D eigenvalue weighted by molar-refractivity contribution is 0.262. The van der Waals surface area contributed by atoms with Crippen LogP contribution in [0.4, 0.5) is 16.2 Å². The molecular weight excluding hydrogens is 274 g/mol. The summed E-state index contributed by atoms with van der Waals surface area (Å²) < 4.78 is 0. The monoisotopic (exact) mass is 289 g/mol. The molecule has 0 bridgehead atoms. The molecule has 0 unspecified atom stereocenters. The van der Waals surface area contributed by atoms with Crippen molar-refractivity contribution in [3.05, 3.63) is 52.3 Å². The molecule has 5 heteroatoms. The first kappa shape index (κ1) is 14.3. The van der Waals surface area contributed by atoms with E-state index in [1.165, 1.54) is 0 Å². The van der Waals surface area contributed by atoms with Crippen molar-refractivity contribution in [1.82, 2.24) is 4.98 Å². The van der Waals surface area contributed by atoms with E-state index in [0.717, 1.165) is 22.6 Å². The number of nitrogens with one attached hydrogen (secondary N) is 2. The van der Waals surface area contributed by atoms with Crippen molar-refractivity contribution >= 4 is 29.0 Å². The predicted molar refractivity (Wildman–Crippen MR) is 82.5 cm³/mol. The van der Waals surface area contributed by atoms with E-state index in [1.807, 2.05) is 26.8 Å². The number of benzene rings is 1. The van der Waals surface area contributed by atoms with Crippen molar-refractivity contribution in [2.75, 3.05) is 10.6 Å². The number of carbonyl (C=O) groups is 1. The molecule has 20 heavy (non-hydrogen) atoms. The van der Waals surface area contributed by atoms with Gasteiger partial charge in [-0.25, -0.2) is 4.79 Å². The lowest BCUT2D eigenvalue weighted by Gasteiger charge is -2.13. The third-order valence-corrected chi connectivity index (χ3v) is 3.08. The van der Waals surface area contributed by atoms with Gasteiger partial charge in [-0.2, -0.15) is 0 Å². The number of carbonyl (C=O) groups excluding carboxylic acids is 1. The topological polar surface area (TPSA) is 54.0 Å². The van der Waals surface area contributed by atoms with Crippen molar-refractivity contribution in [2.45, 2.75) is 20.8 Å². The number of urea groups is 1. The van der Waals surface area contributed by atoms with E-state index in [2.05, 4.69) is 15.6 Å². The number of amides is 2. The van der Waals surface area contributed by atoms with Gasteiger partial charge in [-0.15, -0.1) is 0 Å².